The average Bonchev–Trinajstić information content (AvgIpc) is 3.15. The maximum absolute atomic E-state index is 13.4. The maximum atomic E-state index is 13.4. The molecule has 7 nitrogen and oxygen atoms in total. The van der Waals surface area contributed by atoms with Crippen LogP contribution in [0.1, 0.15) is 12.8 Å². The second kappa shape index (κ2) is 7.56. The number of pyridine rings is 1. The first kappa shape index (κ1) is 17.7. The highest BCUT2D eigenvalue weighted by Crippen LogP contribution is 2.28. The van der Waals surface area contributed by atoms with E-state index >= 15 is 0 Å². The molecule has 1 aromatic carbocycles. The predicted molar refractivity (Wildman–Crippen MR) is 107 cm³/mol. The van der Waals surface area contributed by atoms with Crippen molar-refractivity contribution in [1.29, 1.82) is 0 Å². The Morgan fingerprint density at radius 1 is 1.00 bits per heavy atom. The predicted octanol–water partition coefficient (Wildman–Crippen LogP) is 3.61. The van der Waals surface area contributed by atoms with Crippen molar-refractivity contribution in [1.82, 2.24) is 24.5 Å². The number of nitrogens with zero attached hydrogens (tertiary/aromatic N) is 5. The van der Waals surface area contributed by atoms with Gasteiger partial charge in [-0.05, 0) is 43.2 Å². The van der Waals surface area contributed by atoms with E-state index in [0.717, 1.165) is 48.3 Å². The van der Waals surface area contributed by atoms with Gasteiger partial charge in [0.25, 0.3) is 0 Å². The van der Waals surface area contributed by atoms with E-state index in [9.17, 15) is 4.39 Å². The van der Waals surface area contributed by atoms with Crippen LogP contribution in [0.15, 0.2) is 55.1 Å². The Morgan fingerprint density at radius 3 is 2.52 bits per heavy atom. The second-order valence-electron chi connectivity index (χ2n) is 6.94. The highest BCUT2D eigenvalue weighted by atomic mass is 19.1. The molecule has 1 fully saturated rings. The number of imidazole rings is 1. The molecule has 1 N–H and O–H groups in total. The van der Waals surface area contributed by atoms with Crippen molar-refractivity contribution in [3.63, 3.8) is 0 Å². The third-order valence-electron chi connectivity index (χ3n) is 5.01. The van der Waals surface area contributed by atoms with E-state index in [1.54, 1.807) is 36.9 Å². The summed E-state index contributed by atoms with van der Waals surface area (Å²) in [7, 11) is 0. The van der Waals surface area contributed by atoms with Crippen LogP contribution in [-0.2, 0) is 4.74 Å². The van der Waals surface area contributed by atoms with Gasteiger partial charge in [-0.15, -0.1) is 0 Å². The first-order chi connectivity index (χ1) is 14.3. The normalized spacial score (nSPS) is 14.9. The molecule has 0 aliphatic carbocycles. The fourth-order valence-electron chi connectivity index (χ4n) is 3.51. The zero-order valence-corrected chi connectivity index (χ0v) is 15.6. The van der Waals surface area contributed by atoms with E-state index in [1.165, 1.54) is 12.1 Å². The number of benzene rings is 1. The lowest BCUT2D eigenvalue weighted by molar-refractivity contribution is 0.0903. The fraction of sp³-hybridized carbons (Fsp3) is 0.238. The molecule has 8 heteroatoms. The van der Waals surface area contributed by atoms with E-state index in [1.807, 2.05) is 10.6 Å². The summed E-state index contributed by atoms with van der Waals surface area (Å²) in [6.07, 6.45) is 8.84. The van der Waals surface area contributed by atoms with Crippen LogP contribution in [0.2, 0.25) is 0 Å². The Bertz CT molecular complexity index is 1120. The van der Waals surface area contributed by atoms with Crippen molar-refractivity contribution in [3.8, 4) is 17.1 Å². The molecule has 0 radical (unpaired) electrons. The first-order valence-corrected chi connectivity index (χ1v) is 9.53. The summed E-state index contributed by atoms with van der Waals surface area (Å²) >= 11 is 0. The molecule has 3 aromatic heterocycles. The number of hydrogen-bond acceptors (Lipinski definition) is 6. The fourth-order valence-corrected chi connectivity index (χ4v) is 3.51. The average molecular weight is 390 g/mol. The molecule has 0 saturated carbocycles. The smallest absolute Gasteiger partial charge is 0.222 e. The lowest BCUT2D eigenvalue weighted by Crippen LogP contribution is -2.28. The topological polar surface area (TPSA) is 77.8 Å². The summed E-state index contributed by atoms with van der Waals surface area (Å²) < 4.78 is 20.8. The number of hydrogen-bond donors (Lipinski definition) is 1. The van der Waals surface area contributed by atoms with Crippen LogP contribution in [0.25, 0.3) is 28.1 Å². The standard InChI is InChI=1S/C21H19FN6O/c22-15-1-3-17(4-2-15)28-19-13-23-8-5-18(19)27-20(28)14-11-24-21(25-12-14)26-16-6-9-29-10-7-16/h1-5,8,11-13,16H,6-7,9-10H2,(H,24,25,26). The number of rotatable bonds is 4. The van der Waals surface area contributed by atoms with Gasteiger partial charge >= 0.3 is 0 Å². The third kappa shape index (κ3) is 3.54. The van der Waals surface area contributed by atoms with E-state index < -0.39 is 0 Å². The van der Waals surface area contributed by atoms with Gasteiger partial charge in [0.1, 0.15) is 11.6 Å². The van der Waals surface area contributed by atoms with Crippen molar-refractivity contribution in [2.45, 2.75) is 18.9 Å². The number of nitrogens with one attached hydrogen (secondary N) is 1. The van der Waals surface area contributed by atoms with Crippen LogP contribution >= 0.6 is 0 Å². The Hall–Kier alpha value is -3.39. The minimum Gasteiger partial charge on any atom is -0.381 e. The molecule has 1 aliphatic heterocycles. The minimum atomic E-state index is -0.287. The molecule has 4 aromatic rings. The molecule has 146 valence electrons. The third-order valence-corrected chi connectivity index (χ3v) is 5.01. The van der Waals surface area contributed by atoms with Crippen molar-refractivity contribution < 1.29 is 9.13 Å². The molecule has 0 unspecified atom stereocenters. The van der Waals surface area contributed by atoms with Crippen LogP contribution in [0.5, 0.6) is 0 Å². The van der Waals surface area contributed by atoms with Gasteiger partial charge in [0.05, 0.1) is 22.8 Å². The molecule has 0 amide bonds. The molecule has 29 heavy (non-hydrogen) atoms. The molecular formula is C21H19FN6O. The summed E-state index contributed by atoms with van der Waals surface area (Å²) in [5.41, 5.74) is 3.19. The summed E-state index contributed by atoms with van der Waals surface area (Å²) in [4.78, 5) is 17.9. The largest absolute Gasteiger partial charge is 0.381 e. The summed E-state index contributed by atoms with van der Waals surface area (Å²) in [6, 6.07) is 8.46. The molecular weight excluding hydrogens is 371 g/mol. The van der Waals surface area contributed by atoms with Gasteiger partial charge in [0.2, 0.25) is 5.95 Å². The SMILES string of the molecule is Fc1ccc(-n2c(-c3cnc(NC4CCOCC4)nc3)nc3ccncc32)cc1. The monoisotopic (exact) mass is 390 g/mol. The molecule has 0 atom stereocenters. The van der Waals surface area contributed by atoms with E-state index in [0.29, 0.717) is 17.8 Å². The van der Waals surface area contributed by atoms with Crippen LogP contribution in [0.3, 0.4) is 0 Å². The summed E-state index contributed by atoms with van der Waals surface area (Å²) in [5.74, 6) is 0.980. The Balaban J connectivity index is 1.52. The van der Waals surface area contributed by atoms with Gasteiger partial charge in [-0.2, -0.15) is 0 Å². The molecule has 5 rings (SSSR count). The zero-order chi connectivity index (χ0) is 19.6. The summed E-state index contributed by atoms with van der Waals surface area (Å²) in [5, 5.41) is 3.36. The van der Waals surface area contributed by atoms with Crippen molar-refractivity contribution >= 4 is 17.0 Å². The molecule has 0 spiro atoms. The van der Waals surface area contributed by atoms with Crippen molar-refractivity contribution in [3.05, 3.63) is 60.9 Å². The maximum Gasteiger partial charge on any atom is 0.222 e. The van der Waals surface area contributed by atoms with Gasteiger partial charge < -0.3 is 10.1 Å². The quantitative estimate of drug-likeness (QED) is 0.574. The molecule has 1 aliphatic rings. The number of halogens is 1. The minimum absolute atomic E-state index is 0.287. The zero-order valence-electron chi connectivity index (χ0n) is 15.6. The number of fused-ring (bicyclic) bond motifs is 1. The van der Waals surface area contributed by atoms with Gasteiger partial charge in [-0.25, -0.2) is 19.3 Å². The number of ether oxygens (including phenoxy) is 1. The van der Waals surface area contributed by atoms with Crippen LogP contribution in [0, 0.1) is 5.82 Å². The van der Waals surface area contributed by atoms with Crippen molar-refractivity contribution in [2.24, 2.45) is 0 Å². The van der Waals surface area contributed by atoms with Crippen molar-refractivity contribution in [2.75, 3.05) is 18.5 Å². The van der Waals surface area contributed by atoms with Gasteiger partial charge in [0, 0.05) is 43.5 Å². The molecule has 0 bridgehead atoms. The van der Waals surface area contributed by atoms with Gasteiger partial charge in [-0.1, -0.05) is 0 Å². The molecule has 1 saturated heterocycles. The summed E-state index contributed by atoms with van der Waals surface area (Å²) in [6.45, 7) is 1.51. The number of aromatic nitrogens is 5. The Labute approximate surface area is 166 Å². The lowest BCUT2D eigenvalue weighted by Gasteiger charge is -2.22. The molecule has 4 heterocycles. The van der Waals surface area contributed by atoms with Crippen LogP contribution < -0.4 is 5.32 Å². The van der Waals surface area contributed by atoms with E-state index in [-0.39, 0.29) is 5.82 Å². The number of anilines is 1. The Kier molecular flexibility index (Phi) is 4.61. The van der Waals surface area contributed by atoms with Crippen LogP contribution in [0.4, 0.5) is 10.3 Å². The Morgan fingerprint density at radius 2 is 1.76 bits per heavy atom. The van der Waals surface area contributed by atoms with E-state index in [2.05, 4.69) is 20.3 Å². The highest BCUT2D eigenvalue weighted by Gasteiger charge is 2.17. The van der Waals surface area contributed by atoms with E-state index in [4.69, 9.17) is 9.72 Å². The first-order valence-electron chi connectivity index (χ1n) is 9.53. The van der Waals surface area contributed by atoms with Crippen LogP contribution in [-0.4, -0.2) is 43.8 Å². The van der Waals surface area contributed by atoms with Gasteiger partial charge in [-0.3, -0.25) is 9.55 Å². The second-order valence-corrected chi connectivity index (χ2v) is 6.94. The van der Waals surface area contributed by atoms with Gasteiger partial charge in [0.15, 0.2) is 0 Å². The highest BCUT2D eigenvalue weighted by molar-refractivity contribution is 5.82. The lowest BCUT2D eigenvalue weighted by atomic mass is 10.1.